The van der Waals surface area contributed by atoms with Gasteiger partial charge in [0, 0.05) is 15.6 Å². The molecule has 6 nitrogen and oxygen atoms in total. The molecule has 3 aromatic rings. The topological polar surface area (TPSA) is 67.9 Å². The molecule has 0 atom stereocenters. The Morgan fingerprint density at radius 1 is 0.939 bits per heavy atom. The number of hydrazine groups is 1. The number of hydrogen-bond acceptors (Lipinski definition) is 4. The maximum Gasteiger partial charge on any atom is 0.282 e. The number of para-hydroxylation sites is 1. The van der Waals surface area contributed by atoms with Gasteiger partial charge >= 0.3 is 0 Å². The number of halogens is 3. The van der Waals surface area contributed by atoms with Crippen molar-refractivity contribution in [3.05, 3.63) is 92.4 Å². The number of ether oxygens (including phenoxy) is 2. The van der Waals surface area contributed by atoms with Gasteiger partial charge < -0.3 is 9.47 Å². The van der Waals surface area contributed by atoms with Crippen molar-refractivity contribution in [2.45, 2.75) is 6.61 Å². The minimum atomic E-state index is -0.521. The van der Waals surface area contributed by atoms with E-state index in [-0.39, 0.29) is 23.0 Å². The van der Waals surface area contributed by atoms with E-state index in [1.54, 1.807) is 54.6 Å². The lowest BCUT2D eigenvalue weighted by molar-refractivity contribution is -0.117. The molecule has 0 saturated carbocycles. The van der Waals surface area contributed by atoms with Gasteiger partial charge in [0.2, 0.25) is 0 Å². The number of carbonyl (C=O) groups is 2. The first-order valence-corrected chi connectivity index (χ1v) is 10.9. The summed E-state index contributed by atoms with van der Waals surface area (Å²) >= 11 is 18.9. The number of anilines is 1. The molecule has 1 heterocycles. The molecule has 0 unspecified atom stereocenters. The van der Waals surface area contributed by atoms with Crippen molar-refractivity contribution < 1.29 is 19.1 Å². The van der Waals surface area contributed by atoms with Gasteiger partial charge in [0.1, 0.15) is 12.2 Å². The third-order valence-corrected chi connectivity index (χ3v) is 5.88. The zero-order valence-electron chi connectivity index (χ0n) is 17.3. The van der Waals surface area contributed by atoms with Crippen LogP contribution in [0.15, 0.2) is 66.2 Å². The highest BCUT2D eigenvalue weighted by atomic mass is 35.5. The van der Waals surface area contributed by atoms with Crippen LogP contribution in [0.1, 0.15) is 11.1 Å². The molecule has 0 aliphatic carbocycles. The van der Waals surface area contributed by atoms with E-state index in [1.165, 1.54) is 18.2 Å². The maximum absolute atomic E-state index is 12.8. The fourth-order valence-electron chi connectivity index (χ4n) is 3.26. The van der Waals surface area contributed by atoms with Crippen LogP contribution in [0.4, 0.5) is 5.69 Å². The van der Waals surface area contributed by atoms with E-state index in [0.717, 1.165) is 0 Å². The smallest absolute Gasteiger partial charge is 0.282 e. The molecule has 2 amide bonds. The lowest BCUT2D eigenvalue weighted by Crippen LogP contribution is -2.35. The molecular formula is C24H17Cl3N2O4. The Hall–Kier alpha value is -3.19. The second kappa shape index (κ2) is 9.75. The molecule has 1 aliphatic rings. The van der Waals surface area contributed by atoms with Gasteiger partial charge in [-0.15, -0.1) is 0 Å². The molecule has 1 aliphatic heterocycles. The zero-order valence-corrected chi connectivity index (χ0v) is 19.5. The van der Waals surface area contributed by atoms with Gasteiger partial charge in [-0.3, -0.25) is 15.0 Å². The fourth-order valence-corrected chi connectivity index (χ4v) is 4.04. The molecule has 4 rings (SSSR count). The minimum absolute atomic E-state index is 0.0338. The minimum Gasteiger partial charge on any atom is -0.493 e. The summed E-state index contributed by atoms with van der Waals surface area (Å²) in [6.07, 6.45) is 1.45. The zero-order chi connectivity index (χ0) is 23.5. The third kappa shape index (κ3) is 4.78. The molecule has 1 fully saturated rings. The van der Waals surface area contributed by atoms with Gasteiger partial charge in [0.05, 0.1) is 17.8 Å². The highest BCUT2D eigenvalue weighted by molar-refractivity contribution is 6.36. The number of nitrogens with one attached hydrogen (secondary N) is 1. The lowest BCUT2D eigenvalue weighted by Gasteiger charge is -2.15. The monoisotopic (exact) mass is 502 g/mol. The average molecular weight is 504 g/mol. The van der Waals surface area contributed by atoms with Crippen molar-refractivity contribution in [3.63, 3.8) is 0 Å². The van der Waals surface area contributed by atoms with Crippen LogP contribution in [0.3, 0.4) is 0 Å². The molecule has 33 heavy (non-hydrogen) atoms. The fraction of sp³-hybridized carbons (Fsp3) is 0.0833. The van der Waals surface area contributed by atoms with E-state index in [0.29, 0.717) is 32.6 Å². The van der Waals surface area contributed by atoms with Crippen LogP contribution in [0.25, 0.3) is 6.08 Å². The van der Waals surface area contributed by atoms with Gasteiger partial charge in [-0.2, -0.15) is 0 Å². The second-order valence-electron chi connectivity index (χ2n) is 7.00. The quantitative estimate of drug-likeness (QED) is 0.346. The molecule has 0 radical (unpaired) electrons. The molecule has 9 heteroatoms. The summed E-state index contributed by atoms with van der Waals surface area (Å²) in [5, 5.41) is 2.35. The number of methoxy groups -OCH3 is 1. The SMILES string of the molecule is COc1cc(C=C2C(=O)NN(c3ccccc3)C2=O)cc(Cl)c1OCc1c(Cl)cccc1Cl. The average Bonchev–Trinajstić information content (AvgIpc) is 3.08. The Morgan fingerprint density at radius 2 is 1.64 bits per heavy atom. The summed E-state index contributed by atoms with van der Waals surface area (Å²) in [6.45, 7) is 0.0714. The van der Waals surface area contributed by atoms with Crippen molar-refractivity contribution in [3.8, 4) is 11.5 Å². The Kier molecular flexibility index (Phi) is 6.79. The van der Waals surface area contributed by atoms with E-state index in [9.17, 15) is 9.59 Å². The van der Waals surface area contributed by atoms with E-state index in [1.807, 2.05) is 6.07 Å². The van der Waals surface area contributed by atoms with Crippen LogP contribution < -0.4 is 19.9 Å². The second-order valence-corrected chi connectivity index (χ2v) is 8.22. The van der Waals surface area contributed by atoms with Crippen molar-refractivity contribution >= 4 is 58.4 Å². The number of carbonyl (C=O) groups excluding carboxylic acids is 2. The van der Waals surface area contributed by atoms with Crippen LogP contribution >= 0.6 is 34.8 Å². The Morgan fingerprint density at radius 3 is 2.30 bits per heavy atom. The largest absolute Gasteiger partial charge is 0.493 e. The summed E-state index contributed by atoms with van der Waals surface area (Å²) in [4.78, 5) is 25.3. The normalized spacial score (nSPS) is 14.5. The maximum atomic E-state index is 12.8. The molecule has 0 aromatic heterocycles. The highest BCUT2D eigenvalue weighted by Crippen LogP contribution is 2.38. The number of benzene rings is 3. The number of rotatable bonds is 6. The predicted molar refractivity (Wildman–Crippen MR) is 129 cm³/mol. The molecule has 0 bridgehead atoms. The molecular weight excluding hydrogens is 487 g/mol. The van der Waals surface area contributed by atoms with Gasteiger partial charge in [-0.05, 0) is 48.0 Å². The first-order valence-electron chi connectivity index (χ1n) is 9.74. The van der Waals surface area contributed by atoms with Gasteiger partial charge in [-0.25, -0.2) is 5.01 Å². The van der Waals surface area contributed by atoms with Crippen molar-refractivity contribution in [1.82, 2.24) is 5.43 Å². The van der Waals surface area contributed by atoms with E-state index in [2.05, 4.69) is 5.43 Å². The van der Waals surface area contributed by atoms with Crippen molar-refractivity contribution in [2.75, 3.05) is 12.1 Å². The van der Waals surface area contributed by atoms with Crippen molar-refractivity contribution in [1.29, 1.82) is 0 Å². The molecule has 1 N–H and O–H groups in total. The Balaban J connectivity index is 1.61. The van der Waals surface area contributed by atoms with Gasteiger partial charge in [0.15, 0.2) is 11.5 Å². The van der Waals surface area contributed by atoms with Crippen LogP contribution in [0.2, 0.25) is 15.1 Å². The summed E-state index contributed by atoms with van der Waals surface area (Å²) in [7, 11) is 1.46. The summed E-state index contributed by atoms with van der Waals surface area (Å²) in [6, 6.07) is 17.2. The Labute approximate surface area is 205 Å². The van der Waals surface area contributed by atoms with E-state index in [4.69, 9.17) is 44.3 Å². The first-order chi connectivity index (χ1) is 15.9. The summed E-state index contributed by atoms with van der Waals surface area (Å²) in [5.74, 6) is -0.392. The standard InChI is InChI=1S/C24H17Cl3N2O4/c1-32-21-12-14(10-16-23(30)28-29(24(16)31)15-6-3-2-4-7-15)11-20(27)22(21)33-13-17-18(25)8-5-9-19(17)26/h2-12H,13H2,1H3,(H,28,30). The van der Waals surface area contributed by atoms with Crippen molar-refractivity contribution in [2.24, 2.45) is 0 Å². The highest BCUT2D eigenvalue weighted by Gasteiger charge is 2.34. The molecule has 3 aromatic carbocycles. The number of hydrogen-bond donors (Lipinski definition) is 1. The van der Waals surface area contributed by atoms with Crippen LogP contribution in [0, 0.1) is 0 Å². The number of nitrogens with zero attached hydrogens (tertiary/aromatic N) is 1. The van der Waals surface area contributed by atoms with E-state index < -0.39 is 11.8 Å². The summed E-state index contributed by atoms with van der Waals surface area (Å²) in [5.41, 5.74) is 4.18. The molecule has 0 spiro atoms. The Bertz CT molecular complexity index is 1240. The van der Waals surface area contributed by atoms with Crippen LogP contribution in [-0.2, 0) is 16.2 Å². The van der Waals surface area contributed by atoms with Gasteiger partial charge in [0.25, 0.3) is 11.8 Å². The van der Waals surface area contributed by atoms with E-state index >= 15 is 0 Å². The lowest BCUT2D eigenvalue weighted by atomic mass is 10.1. The first kappa shape index (κ1) is 23.0. The predicted octanol–water partition coefficient (Wildman–Crippen LogP) is 5.70. The summed E-state index contributed by atoms with van der Waals surface area (Å²) < 4.78 is 11.3. The van der Waals surface area contributed by atoms with Gasteiger partial charge in [-0.1, -0.05) is 59.1 Å². The van der Waals surface area contributed by atoms with Crippen LogP contribution in [0.5, 0.6) is 11.5 Å². The molecule has 1 saturated heterocycles. The van der Waals surface area contributed by atoms with Crippen LogP contribution in [-0.4, -0.2) is 18.9 Å². The number of amides is 2. The molecule has 168 valence electrons. The third-order valence-electron chi connectivity index (χ3n) is 4.89.